The number of aryl methyl sites for hydroxylation is 2. The lowest BCUT2D eigenvalue weighted by Gasteiger charge is -2.15. The minimum absolute atomic E-state index is 0.113. The molecule has 1 fully saturated rings. The zero-order valence-electron chi connectivity index (χ0n) is 11.1. The van der Waals surface area contributed by atoms with Gasteiger partial charge in [-0.25, -0.2) is 0 Å². The molecule has 1 atom stereocenters. The molecule has 0 aliphatic carbocycles. The summed E-state index contributed by atoms with van der Waals surface area (Å²) < 4.78 is 1.10. The Morgan fingerprint density at radius 3 is 2.84 bits per heavy atom. The number of β-amino-alcohol motifs (C(OH)–C–C–N with tert-alkyl or cyclic N) is 1. The molecule has 1 aromatic carbocycles. The number of halogens is 1. The van der Waals surface area contributed by atoms with Crippen LogP contribution in [0.2, 0.25) is 0 Å². The van der Waals surface area contributed by atoms with Crippen LogP contribution in [0.1, 0.15) is 17.5 Å². The molecule has 1 aromatic rings. The van der Waals surface area contributed by atoms with Crippen LogP contribution in [0.3, 0.4) is 0 Å². The Hall–Kier alpha value is -0.520. The van der Waals surface area contributed by atoms with Gasteiger partial charge in [0.1, 0.15) is 0 Å². The summed E-state index contributed by atoms with van der Waals surface area (Å²) in [6.07, 6.45) is 0.359. The highest BCUT2D eigenvalue weighted by atomic mass is 79.9. The monoisotopic (exact) mass is 343 g/mol. The van der Waals surface area contributed by atoms with Crippen LogP contribution in [0.25, 0.3) is 0 Å². The van der Waals surface area contributed by atoms with E-state index in [1.807, 2.05) is 6.92 Å². The van der Waals surface area contributed by atoms with E-state index in [1.54, 1.807) is 16.7 Å². The third kappa shape index (κ3) is 3.74. The molecule has 1 saturated heterocycles. The molecule has 1 heterocycles. The molecule has 1 aliphatic heterocycles. The standard InChI is InChI=1S/C14H18BrNO2S/c1-9-6-13(10(2)5-12(9)15)19-8-14(18)16-4-3-11(17)7-16/h5-6,11,17H,3-4,7-8H2,1-2H3/t11-/m0/s1. The second-order valence-corrected chi connectivity index (χ2v) is 6.81. The summed E-state index contributed by atoms with van der Waals surface area (Å²) in [6.45, 7) is 5.26. The lowest BCUT2D eigenvalue weighted by Crippen LogP contribution is -2.30. The number of nitrogens with zero attached hydrogens (tertiary/aromatic N) is 1. The van der Waals surface area contributed by atoms with Crippen molar-refractivity contribution in [3.8, 4) is 0 Å². The van der Waals surface area contributed by atoms with Gasteiger partial charge in [0.05, 0.1) is 11.9 Å². The minimum Gasteiger partial charge on any atom is -0.391 e. The van der Waals surface area contributed by atoms with Crippen LogP contribution in [0.15, 0.2) is 21.5 Å². The Bertz CT molecular complexity index is 493. The maximum absolute atomic E-state index is 12.0. The summed E-state index contributed by atoms with van der Waals surface area (Å²) in [5.74, 6) is 0.552. The van der Waals surface area contributed by atoms with Crippen LogP contribution >= 0.6 is 27.7 Å². The van der Waals surface area contributed by atoms with Crippen molar-refractivity contribution in [2.75, 3.05) is 18.8 Å². The summed E-state index contributed by atoms with van der Waals surface area (Å²) in [5, 5.41) is 9.44. The lowest BCUT2D eigenvalue weighted by molar-refractivity contribution is -0.127. The van der Waals surface area contributed by atoms with Crippen molar-refractivity contribution in [2.24, 2.45) is 0 Å². The van der Waals surface area contributed by atoms with Crippen molar-refractivity contribution >= 4 is 33.6 Å². The van der Waals surface area contributed by atoms with E-state index in [1.165, 1.54) is 11.1 Å². The summed E-state index contributed by atoms with van der Waals surface area (Å²) in [5.41, 5.74) is 2.36. The number of amides is 1. The van der Waals surface area contributed by atoms with Crippen LogP contribution < -0.4 is 0 Å². The summed E-state index contributed by atoms with van der Waals surface area (Å²) in [4.78, 5) is 14.9. The normalized spacial score (nSPS) is 18.9. The SMILES string of the molecule is Cc1cc(SCC(=O)N2CC[C@H](O)C2)c(C)cc1Br. The van der Waals surface area contributed by atoms with E-state index in [-0.39, 0.29) is 12.0 Å². The van der Waals surface area contributed by atoms with Gasteiger partial charge >= 0.3 is 0 Å². The fraction of sp³-hybridized carbons (Fsp3) is 0.500. The third-order valence-electron chi connectivity index (χ3n) is 3.32. The van der Waals surface area contributed by atoms with Gasteiger partial charge in [0.15, 0.2) is 0 Å². The highest BCUT2D eigenvalue weighted by Gasteiger charge is 2.24. The molecule has 104 valence electrons. The summed E-state index contributed by atoms with van der Waals surface area (Å²) in [7, 11) is 0. The second-order valence-electron chi connectivity index (χ2n) is 4.94. The van der Waals surface area contributed by atoms with Crippen molar-refractivity contribution in [2.45, 2.75) is 31.3 Å². The number of carbonyl (C=O) groups is 1. The first-order chi connectivity index (χ1) is 8.97. The van der Waals surface area contributed by atoms with Crippen LogP contribution in [0.5, 0.6) is 0 Å². The largest absolute Gasteiger partial charge is 0.391 e. The minimum atomic E-state index is -0.342. The average Bonchev–Trinajstić information content (AvgIpc) is 2.78. The molecule has 0 spiro atoms. The fourth-order valence-electron chi connectivity index (χ4n) is 2.11. The maximum atomic E-state index is 12.0. The molecule has 1 amide bonds. The quantitative estimate of drug-likeness (QED) is 0.858. The average molecular weight is 344 g/mol. The summed E-state index contributed by atoms with van der Waals surface area (Å²) in [6, 6.07) is 4.19. The predicted octanol–water partition coefficient (Wildman–Crippen LogP) is 2.75. The van der Waals surface area contributed by atoms with Crippen molar-refractivity contribution in [3.05, 3.63) is 27.7 Å². The first-order valence-corrected chi connectivity index (χ1v) is 8.10. The zero-order chi connectivity index (χ0) is 14.0. The molecular formula is C14H18BrNO2S. The highest BCUT2D eigenvalue weighted by Crippen LogP contribution is 2.28. The van der Waals surface area contributed by atoms with Gasteiger partial charge in [-0.2, -0.15) is 0 Å². The Morgan fingerprint density at radius 2 is 2.21 bits per heavy atom. The topological polar surface area (TPSA) is 40.5 Å². The number of aliphatic hydroxyl groups is 1. The van der Waals surface area contributed by atoms with Gasteiger partial charge in [0.2, 0.25) is 5.91 Å². The van der Waals surface area contributed by atoms with Crippen molar-refractivity contribution in [1.82, 2.24) is 4.90 Å². The van der Waals surface area contributed by atoms with E-state index < -0.39 is 0 Å². The van der Waals surface area contributed by atoms with Gasteiger partial charge in [0, 0.05) is 22.5 Å². The Balaban J connectivity index is 1.95. The Kier molecular flexibility index (Phi) is 4.92. The molecule has 1 aliphatic rings. The molecule has 0 unspecified atom stereocenters. The molecule has 5 heteroatoms. The molecule has 2 rings (SSSR count). The first kappa shape index (κ1) is 14.9. The lowest BCUT2D eigenvalue weighted by atomic mass is 10.2. The number of hydrogen-bond acceptors (Lipinski definition) is 3. The van der Waals surface area contributed by atoms with Gasteiger partial charge in [-0.05, 0) is 43.5 Å². The van der Waals surface area contributed by atoms with E-state index in [0.29, 0.717) is 25.3 Å². The van der Waals surface area contributed by atoms with Crippen molar-refractivity contribution < 1.29 is 9.90 Å². The Morgan fingerprint density at radius 1 is 1.47 bits per heavy atom. The Labute approximate surface area is 126 Å². The predicted molar refractivity (Wildman–Crippen MR) is 81.5 cm³/mol. The van der Waals surface area contributed by atoms with Gasteiger partial charge in [-0.15, -0.1) is 11.8 Å². The molecule has 0 aromatic heterocycles. The summed E-state index contributed by atoms with van der Waals surface area (Å²) >= 11 is 5.08. The number of hydrogen-bond donors (Lipinski definition) is 1. The number of benzene rings is 1. The van der Waals surface area contributed by atoms with Crippen LogP contribution in [0, 0.1) is 13.8 Å². The van der Waals surface area contributed by atoms with E-state index in [4.69, 9.17) is 0 Å². The number of aliphatic hydroxyl groups excluding tert-OH is 1. The molecule has 0 saturated carbocycles. The first-order valence-electron chi connectivity index (χ1n) is 6.32. The maximum Gasteiger partial charge on any atom is 0.233 e. The number of carbonyl (C=O) groups excluding carboxylic acids is 1. The van der Waals surface area contributed by atoms with Crippen molar-refractivity contribution in [3.63, 3.8) is 0 Å². The van der Waals surface area contributed by atoms with Crippen LogP contribution in [0.4, 0.5) is 0 Å². The fourth-order valence-corrected chi connectivity index (χ4v) is 3.58. The van der Waals surface area contributed by atoms with Gasteiger partial charge in [-0.1, -0.05) is 15.9 Å². The number of rotatable bonds is 3. The number of thioether (sulfide) groups is 1. The second kappa shape index (κ2) is 6.29. The molecule has 0 radical (unpaired) electrons. The zero-order valence-corrected chi connectivity index (χ0v) is 13.6. The van der Waals surface area contributed by atoms with E-state index >= 15 is 0 Å². The smallest absolute Gasteiger partial charge is 0.233 e. The molecular weight excluding hydrogens is 326 g/mol. The van der Waals surface area contributed by atoms with E-state index in [0.717, 1.165) is 9.37 Å². The highest BCUT2D eigenvalue weighted by molar-refractivity contribution is 9.10. The molecule has 0 bridgehead atoms. The van der Waals surface area contributed by atoms with E-state index in [2.05, 4.69) is 35.0 Å². The number of likely N-dealkylation sites (tertiary alicyclic amines) is 1. The molecule has 3 nitrogen and oxygen atoms in total. The van der Waals surface area contributed by atoms with Gasteiger partial charge in [-0.3, -0.25) is 4.79 Å². The third-order valence-corrected chi connectivity index (χ3v) is 5.32. The van der Waals surface area contributed by atoms with Gasteiger partial charge in [0.25, 0.3) is 0 Å². The molecule has 1 N–H and O–H groups in total. The molecule has 19 heavy (non-hydrogen) atoms. The van der Waals surface area contributed by atoms with E-state index in [9.17, 15) is 9.90 Å². The van der Waals surface area contributed by atoms with Crippen LogP contribution in [-0.2, 0) is 4.79 Å². The van der Waals surface area contributed by atoms with Gasteiger partial charge < -0.3 is 10.0 Å². The van der Waals surface area contributed by atoms with Crippen LogP contribution in [-0.4, -0.2) is 40.9 Å². The van der Waals surface area contributed by atoms with Crippen molar-refractivity contribution in [1.29, 1.82) is 0 Å².